The molecule has 6 nitrogen and oxygen atoms in total. The predicted molar refractivity (Wildman–Crippen MR) is 76.1 cm³/mol. The molecular formula is C12H20N4O2S. The third kappa shape index (κ3) is 4.34. The fraction of sp³-hybridized carbons (Fsp3) is 0.667. The van der Waals surface area contributed by atoms with Crippen molar-refractivity contribution < 1.29 is 8.42 Å². The summed E-state index contributed by atoms with van der Waals surface area (Å²) >= 11 is 0. The van der Waals surface area contributed by atoms with Gasteiger partial charge in [-0.2, -0.15) is 0 Å². The van der Waals surface area contributed by atoms with Gasteiger partial charge in [0.05, 0.1) is 11.5 Å². The van der Waals surface area contributed by atoms with Crippen LogP contribution in [0.4, 0.5) is 11.6 Å². The number of sulfone groups is 1. The summed E-state index contributed by atoms with van der Waals surface area (Å²) in [6.45, 7) is 2.94. The number of rotatable bonds is 5. The van der Waals surface area contributed by atoms with Crippen molar-refractivity contribution >= 4 is 21.5 Å². The largest absolute Gasteiger partial charge is 0.370 e. The maximum Gasteiger partial charge on any atom is 0.152 e. The first-order valence-corrected chi connectivity index (χ1v) is 8.44. The highest BCUT2D eigenvalue weighted by Gasteiger charge is 2.24. The fourth-order valence-electron chi connectivity index (χ4n) is 2.13. The van der Waals surface area contributed by atoms with E-state index in [-0.39, 0.29) is 11.8 Å². The minimum atomic E-state index is -2.90. The average molecular weight is 284 g/mol. The molecule has 0 aliphatic carbocycles. The fourth-order valence-corrected chi connectivity index (χ4v) is 3.77. The first kappa shape index (κ1) is 14.0. The number of nitrogens with zero attached hydrogens (tertiary/aromatic N) is 2. The molecule has 7 heteroatoms. The molecule has 2 N–H and O–H groups in total. The van der Waals surface area contributed by atoms with E-state index < -0.39 is 9.84 Å². The number of hydrogen-bond donors (Lipinski definition) is 2. The summed E-state index contributed by atoms with van der Waals surface area (Å²) in [5, 5.41) is 6.36. The molecule has 1 unspecified atom stereocenters. The van der Waals surface area contributed by atoms with Crippen molar-refractivity contribution in [2.45, 2.75) is 32.2 Å². The minimum Gasteiger partial charge on any atom is -0.370 e. The molecular weight excluding hydrogens is 264 g/mol. The normalized spacial score (nSPS) is 21.8. The van der Waals surface area contributed by atoms with E-state index in [2.05, 4.69) is 27.5 Å². The molecule has 19 heavy (non-hydrogen) atoms. The van der Waals surface area contributed by atoms with Crippen LogP contribution in [0.3, 0.4) is 0 Å². The number of nitrogens with one attached hydrogen (secondary N) is 2. The van der Waals surface area contributed by atoms with E-state index in [1.165, 1.54) is 6.33 Å². The summed E-state index contributed by atoms with van der Waals surface area (Å²) in [5.74, 6) is 1.93. The lowest BCUT2D eigenvalue weighted by Gasteiger charge is -2.23. The van der Waals surface area contributed by atoms with E-state index in [4.69, 9.17) is 0 Å². The minimum absolute atomic E-state index is 0.0484. The molecule has 2 rings (SSSR count). The van der Waals surface area contributed by atoms with Crippen molar-refractivity contribution in [3.05, 3.63) is 12.4 Å². The maximum atomic E-state index is 11.6. The van der Waals surface area contributed by atoms with Crippen LogP contribution in [0.1, 0.15) is 26.2 Å². The molecule has 1 aromatic rings. The molecule has 0 radical (unpaired) electrons. The highest BCUT2D eigenvalue weighted by molar-refractivity contribution is 7.91. The van der Waals surface area contributed by atoms with Crippen LogP contribution in [0.5, 0.6) is 0 Å². The third-order valence-corrected chi connectivity index (χ3v) is 4.86. The topological polar surface area (TPSA) is 84.0 Å². The molecule has 0 amide bonds. The molecule has 1 aliphatic heterocycles. The van der Waals surface area contributed by atoms with E-state index in [9.17, 15) is 8.42 Å². The van der Waals surface area contributed by atoms with E-state index in [0.717, 1.165) is 25.2 Å². The van der Waals surface area contributed by atoms with Gasteiger partial charge in [0.1, 0.15) is 18.0 Å². The van der Waals surface area contributed by atoms with Gasteiger partial charge in [-0.3, -0.25) is 0 Å². The van der Waals surface area contributed by atoms with E-state index in [1.807, 2.05) is 6.07 Å². The summed E-state index contributed by atoms with van der Waals surface area (Å²) in [5.41, 5.74) is 0. The first-order valence-electron chi connectivity index (χ1n) is 6.62. The van der Waals surface area contributed by atoms with Crippen LogP contribution in [0, 0.1) is 0 Å². The van der Waals surface area contributed by atoms with E-state index >= 15 is 0 Å². The Morgan fingerprint density at radius 2 is 2.16 bits per heavy atom. The van der Waals surface area contributed by atoms with Gasteiger partial charge in [-0.25, -0.2) is 18.4 Å². The summed E-state index contributed by atoms with van der Waals surface area (Å²) in [6, 6.07) is 1.77. The Morgan fingerprint density at radius 3 is 2.89 bits per heavy atom. The maximum absolute atomic E-state index is 11.6. The molecule has 1 atom stereocenters. The molecule has 0 bridgehead atoms. The SMILES string of the molecule is CCCNc1cc(NC2CCCS(=O)(=O)C2)ncn1. The van der Waals surface area contributed by atoms with Crippen molar-refractivity contribution in [1.29, 1.82) is 0 Å². The van der Waals surface area contributed by atoms with Crippen LogP contribution >= 0.6 is 0 Å². The molecule has 0 aromatic carbocycles. The molecule has 1 saturated heterocycles. The second kappa shape index (κ2) is 6.18. The Morgan fingerprint density at radius 1 is 1.37 bits per heavy atom. The van der Waals surface area contributed by atoms with Crippen LogP contribution in [0.15, 0.2) is 12.4 Å². The summed E-state index contributed by atoms with van der Waals surface area (Å²) in [6.07, 6.45) is 4.08. The monoisotopic (exact) mass is 284 g/mol. The van der Waals surface area contributed by atoms with Crippen LogP contribution in [0.25, 0.3) is 0 Å². The van der Waals surface area contributed by atoms with Crippen molar-refractivity contribution in [1.82, 2.24) is 9.97 Å². The number of anilines is 2. The molecule has 0 saturated carbocycles. The van der Waals surface area contributed by atoms with Gasteiger partial charge in [-0.15, -0.1) is 0 Å². The summed E-state index contributed by atoms with van der Waals surface area (Å²) in [4.78, 5) is 8.25. The molecule has 1 aromatic heterocycles. The van der Waals surface area contributed by atoms with Crippen molar-refractivity contribution in [2.75, 3.05) is 28.7 Å². The van der Waals surface area contributed by atoms with Crippen LogP contribution < -0.4 is 10.6 Å². The van der Waals surface area contributed by atoms with Gasteiger partial charge in [-0.05, 0) is 19.3 Å². The standard InChI is InChI=1S/C12H20N4O2S/c1-2-5-13-11-7-12(15-9-14-11)16-10-4-3-6-19(17,18)8-10/h7,9-10H,2-6,8H2,1H3,(H2,13,14,15,16). The van der Waals surface area contributed by atoms with Gasteiger partial charge in [0.25, 0.3) is 0 Å². The Hall–Kier alpha value is -1.37. The van der Waals surface area contributed by atoms with Crippen LogP contribution in [-0.2, 0) is 9.84 Å². The second-order valence-corrected chi connectivity index (χ2v) is 7.04. The first-order chi connectivity index (χ1) is 9.09. The molecule has 1 fully saturated rings. The quantitative estimate of drug-likeness (QED) is 0.847. The zero-order valence-electron chi connectivity index (χ0n) is 11.1. The smallest absolute Gasteiger partial charge is 0.152 e. The predicted octanol–water partition coefficient (Wildman–Crippen LogP) is 1.29. The molecule has 2 heterocycles. The Balaban J connectivity index is 1.98. The highest BCUT2D eigenvalue weighted by Crippen LogP contribution is 2.17. The van der Waals surface area contributed by atoms with Gasteiger partial charge in [-0.1, -0.05) is 6.92 Å². The summed E-state index contributed by atoms with van der Waals surface area (Å²) in [7, 11) is -2.90. The molecule has 0 spiro atoms. The Bertz CT molecular complexity index is 518. The van der Waals surface area contributed by atoms with E-state index in [0.29, 0.717) is 18.0 Å². The van der Waals surface area contributed by atoms with Gasteiger partial charge in [0.2, 0.25) is 0 Å². The van der Waals surface area contributed by atoms with Crippen molar-refractivity contribution in [3.63, 3.8) is 0 Å². The Kier molecular flexibility index (Phi) is 4.57. The highest BCUT2D eigenvalue weighted by atomic mass is 32.2. The molecule has 106 valence electrons. The number of aromatic nitrogens is 2. The average Bonchev–Trinajstić information content (AvgIpc) is 2.35. The zero-order valence-corrected chi connectivity index (χ0v) is 11.9. The number of hydrogen-bond acceptors (Lipinski definition) is 6. The molecule has 1 aliphatic rings. The van der Waals surface area contributed by atoms with Gasteiger partial charge in [0, 0.05) is 18.7 Å². The zero-order chi connectivity index (χ0) is 13.7. The summed E-state index contributed by atoms with van der Waals surface area (Å²) < 4.78 is 23.1. The van der Waals surface area contributed by atoms with Gasteiger partial charge in [0.15, 0.2) is 9.84 Å². The van der Waals surface area contributed by atoms with Crippen molar-refractivity contribution in [3.8, 4) is 0 Å². The lowest BCUT2D eigenvalue weighted by molar-refractivity contribution is 0.561. The van der Waals surface area contributed by atoms with Gasteiger partial charge >= 0.3 is 0 Å². The Labute approximate surface area is 114 Å². The lowest BCUT2D eigenvalue weighted by atomic mass is 10.2. The third-order valence-electron chi connectivity index (χ3n) is 3.04. The lowest BCUT2D eigenvalue weighted by Crippen LogP contribution is -2.35. The second-order valence-electron chi connectivity index (χ2n) is 4.81. The van der Waals surface area contributed by atoms with E-state index in [1.54, 1.807) is 0 Å². The van der Waals surface area contributed by atoms with Crippen LogP contribution in [0.2, 0.25) is 0 Å². The van der Waals surface area contributed by atoms with Gasteiger partial charge < -0.3 is 10.6 Å². The van der Waals surface area contributed by atoms with Crippen molar-refractivity contribution in [2.24, 2.45) is 0 Å². The van der Waals surface area contributed by atoms with Crippen LogP contribution in [-0.4, -0.2) is 42.5 Å².